The number of aryl methyl sites for hydroxylation is 3. The minimum Gasteiger partial charge on any atom is -0.493 e. The molecule has 1 aliphatic heterocycles. The number of benzene rings is 1. The summed E-state index contributed by atoms with van der Waals surface area (Å²) in [4.78, 5) is 14.3. The van der Waals surface area contributed by atoms with Crippen LogP contribution in [0.2, 0.25) is 0 Å². The third-order valence-electron chi connectivity index (χ3n) is 4.08. The summed E-state index contributed by atoms with van der Waals surface area (Å²) in [7, 11) is 1.80. The van der Waals surface area contributed by atoms with Crippen molar-refractivity contribution in [3.63, 3.8) is 0 Å². The van der Waals surface area contributed by atoms with Gasteiger partial charge in [-0.15, -0.1) is 0 Å². The molecular weight excluding hydrogens is 280 g/mol. The smallest absolute Gasteiger partial charge is 0.253 e. The summed E-state index contributed by atoms with van der Waals surface area (Å²) in [6.07, 6.45) is 1.96. The number of aromatic nitrogens is 1. The normalized spacial score (nSPS) is 13.4. The number of amides is 1. The fraction of sp³-hybridized carbons (Fsp3) is 0.412. The maximum absolute atomic E-state index is 12.6. The second kappa shape index (κ2) is 5.83. The highest BCUT2D eigenvalue weighted by atomic mass is 16.5. The molecule has 5 nitrogen and oxygen atoms in total. The van der Waals surface area contributed by atoms with Crippen LogP contribution in [-0.2, 0) is 13.0 Å². The molecule has 0 aliphatic carbocycles. The van der Waals surface area contributed by atoms with Crippen molar-refractivity contribution in [2.45, 2.75) is 33.2 Å². The zero-order chi connectivity index (χ0) is 15.7. The molecule has 1 amide bonds. The van der Waals surface area contributed by atoms with Crippen molar-refractivity contribution < 1.29 is 14.1 Å². The van der Waals surface area contributed by atoms with E-state index in [1.54, 1.807) is 11.9 Å². The van der Waals surface area contributed by atoms with Gasteiger partial charge in [-0.1, -0.05) is 5.16 Å². The monoisotopic (exact) mass is 300 g/mol. The van der Waals surface area contributed by atoms with Crippen LogP contribution in [0.3, 0.4) is 0 Å². The van der Waals surface area contributed by atoms with E-state index in [9.17, 15) is 4.79 Å². The number of rotatable bonds is 3. The van der Waals surface area contributed by atoms with Crippen molar-refractivity contribution in [3.05, 3.63) is 46.3 Å². The van der Waals surface area contributed by atoms with Crippen molar-refractivity contribution in [1.82, 2.24) is 10.1 Å². The average Bonchev–Trinajstić information content (AvgIpc) is 2.85. The van der Waals surface area contributed by atoms with Crippen molar-refractivity contribution >= 4 is 5.91 Å². The first-order valence-corrected chi connectivity index (χ1v) is 7.49. The lowest BCUT2D eigenvalue weighted by Crippen LogP contribution is -2.27. The Kier molecular flexibility index (Phi) is 3.88. The predicted octanol–water partition coefficient (Wildman–Crippen LogP) is 2.89. The van der Waals surface area contributed by atoms with Crippen LogP contribution >= 0.6 is 0 Å². The molecule has 0 spiro atoms. The van der Waals surface area contributed by atoms with Gasteiger partial charge in [-0.05, 0) is 50.5 Å². The Morgan fingerprint density at radius 3 is 2.91 bits per heavy atom. The zero-order valence-corrected chi connectivity index (χ0v) is 13.2. The van der Waals surface area contributed by atoms with E-state index < -0.39 is 0 Å². The third-order valence-corrected chi connectivity index (χ3v) is 4.08. The lowest BCUT2D eigenvalue weighted by molar-refractivity contribution is 0.0784. The second-order valence-corrected chi connectivity index (χ2v) is 5.74. The van der Waals surface area contributed by atoms with Crippen LogP contribution in [0.5, 0.6) is 5.75 Å². The Morgan fingerprint density at radius 1 is 1.36 bits per heavy atom. The molecule has 1 aliphatic rings. The predicted molar refractivity (Wildman–Crippen MR) is 82.0 cm³/mol. The molecule has 22 heavy (non-hydrogen) atoms. The van der Waals surface area contributed by atoms with E-state index in [1.165, 1.54) is 0 Å². The first kappa shape index (κ1) is 14.6. The van der Waals surface area contributed by atoms with Crippen LogP contribution in [0.25, 0.3) is 0 Å². The molecule has 0 saturated carbocycles. The number of carbonyl (C=O) groups is 1. The molecule has 2 heterocycles. The summed E-state index contributed by atoms with van der Waals surface area (Å²) in [5, 5.41) is 3.93. The van der Waals surface area contributed by atoms with Crippen LogP contribution in [-0.4, -0.2) is 29.6 Å². The Bertz CT molecular complexity index is 686. The molecule has 0 saturated heterocycles. The molecule has 0 unspecified atom stereocenters. The number of ether oxygens (including phenoxy) is 1. The van der Waals surface area contributed by atoms with Crippen LogP contribution in [0.4, 0.5) is 0 Å². The van der Waals surface area contributed by atoms with Gasteiger partial charge in [0, 0.05) is 18.2 Å². The second-order valence-electron chi connectivity index (χ2n) is 5.74. The topological polar surface area (TPSA) is 55.6 Å². The van der Waals surface area contributed by atoms with Crippen LogP contribution in [0.1, 0.15) is 39.4 Å². The largest absolute Gasteiger partial charge is 0.493 e. The van der Waals surface area contributed by atoms with Gasteiger partial charge < -0.3 is 14.2 Å². The molecule has 1 aromatic carbocycles. The molecule has 3 rings (SSSR count). The maximum Gasteiger partial charge on any atom is 0.253 e. The van der Waals surface area contributed by atoms with Gasteiger partial charge in [-0.3, -0.25) is 4.79 Å². The fourth-order valence-electron chi connectivity index (χ4n) is 2.75. The van der Waals surface area contributed by atoms with E-state index >= 15 is 0 Å². The zero-order valence-electron chi connectivity index (χ0n) is 13.2. The fourth-order valence-corrected chi connectivity index (χ4v) is 2.75. The van der Waals surface area contributed by atoms with Crippen molar-refractivity contribution in [3.8, 4) is 5.75 Å². The first-order chi connectivity index (χ1) is 10.6. The Labute approximate surface area is 129 Å². The van der Waals surface area contributed by atoms with E-state index in [2.05, 4.69) is 5.16 Å². The van der Waals surface area contributed by atoms with Gasteiger partial charge in [0.2, 0.25) is 0 Å². The van der Waals surface area contributed by atoms with Gasteiger partial charge in [0.05, 0.1) is 18.8 Å². The van der Waals surface area contributed by atoms with E-state index in [-0.39, 0.29) is 5.91 Å². The van der Waals surface area contributed by atoms with Gasteiger partial charge >= 0.3 is 0 Å². The molecule has 0 N–H and O–H groups in total. The molecule has 116 valence electrons. The summed E-state index contributed by atoms with van der Waals surface area (Å²) < 4.78 is 10.7. The van der Waals surface area contributed by atoms with Crippen molar-refractivity contribution in [1.29, 1.82) is 0 Å². The SMILES string of the molecule is Cc1noc(C)c1CN(C)C(=O)c1ccc2c(c1)CCCO2. The molecule has 2 aromatic rings. The number of hydrogen-bond acceptors (Lipinski definition) is 4. The molecule has 0 atom stereocenters. The highest BCUT2D eigenvalue weighted by Crippen LogP contribution is 2.26. The summed E-state index contributed by atoms with van der Waals surface area (Å²) in [6, 6.07) is 5.67. The van der Waals surface area contributed by atoms with Gasteiger partial charge in [-0.25, -0.2) is 0 Å². The minimum atomic E-state index is -0.00614. The van der Waals surface area contributed by atoms with E-state index in [4.69, 9.17) is 9.26 Å². The van der Waals surface area contributed by atoms with Crippen molar-refractivity contribution in [2.75, 3.05) is 13.7 Å². The van der Waals surface area contributed by atoms with Crippen LogP contribution in [0, 0.1) is 13.8 Å². The standard InChI is InChI=1S/C17H20N2O3/c1-11-15(12(2)22-18-11)10-19(3)17(20)14-6-7-16-13(9-14)5-4-8-21-16/h6-7,9H,4-5,8,10H2,1-3H3. The minimum absolute atomic E-state index is 0.00614. The van der Waals surface area contributed by atoms with E-state index in [1.807, 2.05) is 32.0 Å². The Hall–Kier alpha value is -2.30. The van der Waals surface area contributed by atoms with Gasteiger partial charge in [0.15, 0.2) is 0 Å². The molecule has 0 bridgehead atoms. The highest BCUT2D eigenvalue weighted by molar-refractivity contribution is 5.94. The maximum atomic E-state index is 12.6. The molecule has 0 radical (unpaired) electrons. The lowest BCUT2D eigenvalue weighted by Gasteiger charge is -2.20. The first-order valence-electron chi connectivity index (χ1n) is 7.49. The molecule has 0 fully saturated rings. The summed E-state index contributed by atoms with van der Waals surface area (Å²) in [5.74, 6) is 1.65. The van der Waals surface area contributed by atoms with Crippen molar-refractivity contribution in [2.24, 2.45) is 0 Å². The van der Waals surface area contributed by atoms with Gasteiger partial charge in [-0.2, -0.15) is 0 Å². The average molecular weight is 300 g/mol. The Morgan fingerprint density at radius 2 is 2.18 bits per heavy atom. The van der Waals surface area contributed by atoms with Crippen LogP contribution in [0.15, 0.2) is 22.7 Å². The quantitative estimate of drug-likeness (QED) is 0.874. The third kappa shape index (κ3) is 2.71. The summed E-state index contributed by atoms with van der Waals surface area (Å²) >= 11 is 0. The van der Waals surface area contributed by atoms with E-state index in [0.717, 1.165) is 47.8 Å². The number of nitrogens with zero attached hydrogens (tertiary/aromatic N) is 2. The van der Waals surface area contributed by atoms with E-state index in [0.29, 0.717) is 12.1 Å². The Balaban J connectivity index is 1.78. The molecule has 1 aromatic heterocycles. The number of hydrogen-bond donors (Lipinski definition) is 0. The lowest BCUT2D eigenvalue weighted by atomic mass is 10.0. The van der Waals surface area contributed by atoms with Gasteiger partial charge in [0.25, 0.3) is 5.91 Å². The van der Waals surface area contributed by atoms with Crippen LogP contribution < -0.4 is 4.74 Å². The molecular formula is C17H20N2O3. The summed E-state index contributed by atoms with van der Waals surface area (Å²) in [5.41, 5.74) is 3.61. The molecule has 5 heteroatoms. The highest BCUT2D eigenvalue weighted by Gasteiger charge is 2.19. The number of fused-ring (bicyclic) bond motifs is 1. The van der Waals surface area contributed by atoms with Gasteiger partial charge in [0.1, 0.15) is 11.5 Å². The number of carbonyl (C=O) groups excluding carboxylic acids is 1. The summed E-state index contributed by atoms with van der Waals surface area (Å²) in [6.45, 7) is 5.00.